The van der Waals surface area contributed by atoms with Crippen molar-refractivity contribution in [2.75, 3.05) is 5.88 Å². The van der Waals surface area contributed by atoms with Crippen LogP contribution in [-0.4, -0.2) is 9.67 Å². The minimum atomic E-state index is -1.05. The van der Waals surface area contributed by atoms with Gasteiger partial charge in [0, 0.05) is 5.88 Å². The molecule has 0 saturated heterocycles. The van der Waals surface area contributed by atoms with Crippen LogP contribution in [0.3, 0.4) is 0 Å². The van der Waals surface area contributed by atoms with Crippen LogP contribution in [0, 0.1) is 0 Å². The summed E-state index contributed by atoms with van der Waals surface area (Å²) in [5.74, 6) is 0.828. The van der Waals surface area contributed by atoms with E-state index >= 15 is 0 Å². The number of hydrogen-bond donors (Lipinski definition) is 0. The van der Waals surface area contributed by atoms with Crippen LogP contribution < -0.4 is 0 Å². The Morgan fingerprint density at radius 2 is 0.652 bits per heavy atom. The molecule has 0 atom stereocenters. The first-order valence-corrected chi connectivity index (χ1v) is 11.4. The molecule has 0 spiro atoms. The molecule has 0 saturated carbocycles. The molecule has 0 unspecified atom stereocenters. The number of alkyl halides is 4. The molecule has 0 aliphatic rings. The number of unbranched alkanes of at least 4 members (excludes halogenated alkanes) is 15. The lowest BCUT2D eigenvalue weighted by Crippen LogP contribution is -2.00. The van der Waals surface area contributed by atoms with E-state index in [9.17, 15) is 0 Å². The van der Waals surface area contributed by atoms with Crippen LogP contribution >= 0.6 is 46.4 Å². The van der Waals surface area contributed by atoms with Gasteiger partial charge in [0.1, 0.15) is 0 Å². The summed E-state index contributed by atoms with van der Waals surface area (Å²) >= 11 is 22.9. The smallest absolute Gasteiger partial charge is 0.127 e. The van der Waals surface area contributed by atoms with Gasteiger partial charge in [-0.25, -0.2) is 0 Å². The van der Waals surface area contributed by atoms with Gasteiger partial charge in [0.15, 0.2) is 3.79 Å². The topological polar surface area (TPSA) is 0 Å². The minimum Gasteiger partial charge on any atom is -0.127 e. The van der Waals surface area contributed by atoms with Gasteiger partial charge in [0.05, 0.1) is 0 Å². The third-order valence-corrected chi connectivity index (χ3v) is 5.18. The molecule has 0 aliphatic heterocycles. The fraction of sp³-hybridized carbons (Fsp3) is 1.00. The third kappa shape index (κ3) is 23.2. The third-order valence-electron chi connectivity index (χ3n) is 4.34. The Labute approximate surface area is 165 Å². The van der Waals surface area contributed by atoms with Crippen LogP contribution in [0.1, 0.15) is 109 Å². The van der Waals surface area contributed by atoms with Crippen molar-refractivity contribution in [1.29, 1.82) is 0 Å². The van der Waals surface area contributed by atoms with Gasteiger partial charge in [-0.05, 0) is 19.3 Å². The zero-order valence-corrected chi connectivity index (χ0v) is 17.8. The van der Waals surface area contributed by atoms with Crippen LogP contribution in [0.15, 0.2) is 0 Å². The van der Waals surface area contributed by atoms with E-state index in [1.54, 1.807) is 0 Å². The molecule has 0 nitrogen and oxygen atoms in total. The first-order chi connectivity index (χ1) is 11.1. The van der Waals surface area contributed by atoms with Gasteiger partial charge in [-0.2, -0.15) is 0 Å². The maximum Gasteiger partial charge on any atom is 0.190 e. The average Bonchev–Trinajstić information content (AvgIpc) is 2.49. The summed E-state index contributed by atoms with van der Waals surface area (Å²) in [4.78, 5) is 0. The van der Waals surface area contributed by atoms with Crippen LogP contribution in [0.2, 0.25) is 0 Å². The molecular formula is C19H36Cl4. The van der Waals surface area contributed by atoms with Gasteiger partial charge in [0.2, 0.25) is 0 Å². The standard InChI is InChI=1S/C19H36Cl4/c20-18-16-14-12-10-8-6-4-2-1-3-5-7-9-11-13-15-17-19(21,22)23/h1-18H2. The van der Waals surface area contributed by atoms with Gasteiger partial charge in [0.25, 0.3) is 0 Å². The Bertz CT molecular complexity index is 226. The highest BCUT2D eigenvalue weighted by atomic mass is 35.6. The first kappa shape index (κ1) is 24.2. The fourth-order valence-electron chi connectivity index (χ4n) is 2.89. The molecule has 0 aromatic carbocycles. The Kier molecular flexibility index (Phi) is 18.9. The van der Waals surface area contributed by atoms with E-state index < -0.39 is 3.79 Å². The molecule has 23 heavy (non-hydrogen) atoms. The van der Waals surface area contributed by atoms with E-state index in [1.807, 2.05) is 0 Å². The molecule has 0 aromatic rings. The fourth-order valence-corrected chi connectivity index (χ4v) is 3.48. The predicted molar refractivity (Wildman–Crippen MR) is 109 cm³/mol. The highest BCUT2D eigenvalue weighted by Crippen LogP contribution is 2.32. The van der Waals surface area contributed by atoms with E-state index in [0.29, 0.717) is 6.42 Å². The van der Waals surface area contributed by atoms with Gasteiger partial charge in [-0.3, -0.25) is 0 Å². The molecule has 0 aliphatic carbocycles. The van der Waals surface area contributed by atoms with Gasteiger partial charge < -0.3 is 0 Å². The molecule has 0 aromatic heterocycles. The molecule has 0 rings (SSSR count). The Hall–Kier alpha value is 1.16. The minimum absolute atomic E-state index is 0.685. The summed E-state index contributed by atoms with van der Waals surface area (Å²) in [6.45, 7) is 0. The van der Waals surface area contributed by atoms with Crippen LogP contribution in [-0.2, 0) is 0 Å². The second-order valence-corrected chi connectivity index (χ2v) is 9.61. The first-order valence-electron chi connectivity index (χ1n) is 9.69. The van der Waals surface area contributed by atoms with E-state index in [0.717, 1.165) is 12.3 Å². The van der Waals surface area contributed by atoms with Crippen LogP contribution in [0.4, 0.5) is 0 Å². The van der Waals surface area contributed by atoms with E-state index in [4.69, 9.17) is 46.4 Å². The molecule has 0 fully saturated rings. The number of halogens is 4. The average molecular weight is 406 g/mol. The number of rotatable bonds is 17. The van der Waals surface area contributed by atoms with Crippen molar-refractivity contribution in [3.63, 3.8) is 0 Å². The van der Waals surface area contributed by atoms with Crippen molar-refractivity contribution >= 4 is 46.4 Å². The summed E-state index contributed by atoms with van der Waals surface area (Å²) in [7, 11) is 0. The number of hydrogen-bond acceptors (Lipinski definition) is 0. The summed E-state index contributed by atoms with van der Waals surface area (Å²) in [5.41, 5.74) is 0. The van der Waals surface area contributed by atoms with Crippen molar-refractivity contribution in [2.45, 2.75) is 113 Å². The van der Waals surface area contributed by atoms with Gasteiger partial charge in [-0.15, -0.1) is 11.6 Å². The van der Waals surface area contributed by atoms with Gasteiger partial charge in [-0.1, -0.05) is 125 Å². The normalized spacial score (nSPS) is 12.0. The summed E-state index contributed by atoms with van der Waals surface area (Å²) in [6, 6.07) is 0. The predicted octanol–water partition coefficient (Wildman–Crippen LogP) is 9.23. The SMILES string of the molecule is ClCCCCCCCCCCCCCCCCCCC(Cl)(Cl)Cl. The lowest BCUT2D eigenvalue weighted by molar-refractivity contribution is 0.528. The largest absolute Gasteiger partial charge is 0.190 e. The monoisotopic (exact) mass is 404 g/mol. The van der Waals surface area contributed by atoms with Crippen molar-refractivity contribution in [3.8, 4) is 0 Å². The summed E-state index contributed by atoms with van der Waals surface area (Å²) < 4.78 is -1.05. The van der Waals surface area contributed by atoms with E-state index in [2.05, 4.69) is 0 Å². The lowest BCUT2D eigenvalue weighted by Gasteiger charge is -2.09. The highest BCUT2D eigenvalue weighted by molar-refractivity contribution is 6.67. The maximum absolute atomic E-state index is 5.73. The van der Waals surface area contributed by atoms with Crippen molar-refractivity contribution in [2.24, 2.45) is 0 Å². The second-order valence-electron chi connectivity index (χ2n) is 6.71. The van der Waals surface area contributed by atoms with E-state index in [-0.39, 0.29) is 0 Å². The Balaban J connectivity index is 3.00. The molecule has 4 heteroatoms. The van der Waals surface area contributed by atoms with Crippen molar-refractivity contribution in [1.82, 2.24) is 0 Å². The Morgan fingerprint density at radius 3 is 0.913 bits per heavy atom. The molecule has 0 radical (unpaired) electrons. The summed E-state index contributed by atoms with van der Waals surface area (Å²) in [5, 5.41) is 0. The zero-order valence-electron chi connectivity index (χ0n) is 14.7. The molecule has 0 heterocycles. The van der Waals surface area contributed by atoms with Crippen LogP contribution in [0.25, 0.3) is 0 Å². The zero-order chi connectivity index (χ0) is 17.2. The lowest BCUT2D eigenvalue weighted by atomic mass is 10.0. The van der Waals surface area contributed by atoms with Crippen LogP contribution in [0.5, 0.6) is 0 Å². The highest BCUT2D eigenvalue weighted by Gasteiger charge is 2.17. The molecule has 140 valence electrons. The maximum atomic E-state index is 5.73. The second kappa shape index (κ2) is 18.0. The van der Waals surface area contributed by atoms with Gasteiger partial charge >= 0.3 is 0 Å². The Morgan fingerprint density at radius 1 is 0.391 bits per heavy atom. The molecule has 0 amide bonds. The molecule has 0 bridgehead atoms. The summed E-state index contributed by atoms with van der Waals surface area (Å²) in [6.07, 6.45) is 22.1. The molecule has 0 N–H and O–H groups in total. The van der Waals surface area contributed by atoms with Crippen molar-refractivity contribution in [3.05, 3.63) is 0 Å². The van der Waals surface area contributed by atoms with Crippen molar-refractivity contribution < 1.29 is 0 Å². The molecular weight excluding hydrogens is 370 g/mol. The van der Waals surface area contributed by atoms with E-state index in [1.165, 1.54) is 96.3 Å². The quantitative estimate of drug-likeness (QED) is 0.167.